The Hall–Kier alpha value is -3.06. The van der Waals surface area contributed by atoms with E-state index in [-0.39, 0.29) is 0 Å². The molecule has 0 saturated heterocycles. The Balaban J connectivity index is 0.000000860. The van der Waals surface area contributed by atoms with Gasteiger partial charge in [0.2, 0.25) is 0 Å². The van der Waals surface area contributed by atoms with Crippen molar-refractivity contribution in [2.45, 2.75) is 20.8 Å². The van der Waals surface area contributed by atoms with Crippen LogP contribution in [0.4, 0.5) is 11.4 Å². The molecule has 0 spiro atoms. The van der Waals surface area contributed by atoms with Gasteiger partial charge in [-0.3, -0.25) is 0 Å². The number of nitrogens with zero attached hydrogens (tertiary/aromatic N) is 1. The zero-order valence-corrected chi connectivity index (χ0v) is 17.2. The van der Waals surface area contributed by atoms with Crippen LogP contribution in [-0.4, -0.2) is 7.05 Å². The second-order valence-electron chi connectivity index (χ2n) is 5.22. The van der Waals surface area contributed by atoms with Crippen molar-refractivity contribution < 1.29 is 0 Å². The first-order valence-corrected chi connectivity index (χ1v) is 9.27. The fourth-order valence-electron chi connectivity index (χ4n) is 2.33. The molecule has 0 atom stereocenters. The Bertz CT molecular complexity index is 732. The largest absolute Gasteiger partial charge is 0.345 e. The molecular formula is C26H33N. The smallest absolute Gasteiger partial charge is 0.0414 e. The molecule has 1 nitrogen and oxygen atoms in total. The minimum absolute atomic E-state index is 1.19. The first kappa shape index (κ1) is 23.9. The van der Waals surface area contributed by atoms with Crippen LogP contribution in [0.25, 0.3) is 11.1 Å². The molecule has 0 heterocycles. The van der Waals surface area contributed by atoms with Gasteiger partial charge < -0.3 is 4.90 Å². The summed E-state index contributed by atoms with van der Waals surface area (Å²) in [7, 11) is 2.10. The molecule has 1 heteroatoms. The summed E-state index contributed by atoms with van der Waals surface area (Å²) in [6.07, 6.45) is 1.75. The lowest BCUT2D eigenvalue weighted by atomic mass is 10.0. The Morgan fingerprint density at radius 3 is 1.59 bits per heavy atom. The minimum Gasteiger partial charge on any atom is -0.345 e. The van der Waals surface area contributed by atoms with Gasteiger partial charge in [-0.2, -0.15) is 0 Å². The topological polar surface area (TPSA) is 3.24 Å². The van der Waals surface area contributed by atoms with E-state index in [2.05, 4.69) is 104 Å². The van der Waals surface area contributed by atoms with Gasteiger partial charge in [-0.1, -0.05) is 80.6 Å². The molecule has 27 heavy (non-hydrogen) atoms. The van der Waals surface area contributed by atoms with Crippen LogP contribution in [0.15, 0.2) is 111 Å². The summed E-state index contributed by atoms with van der Waals surface area (Å²) < 4.78 is 0. The molecule has 0 amide bonds. The molecule has 0 bridgehead atoms. The Morgan fingerprint density at radius 2 is 1.07 bits per heavy atom. The van der Waals surface area contributed by atoms with Crippen LogP contribution in [0.2, 0.25) is 0 Å². The van der Waals surface area contributed by atoms with Gasteiger partial charge in [-0.15, -0.1) is 19.7 Å². The Labute approximate surface area is 166 Å². The van der Waals surface area contributed by atoms with Crippen molar-refractivity contribution in [1.82, 2.24) is 0 Å². The van der Waals surface area contributed by atoms with E-state index in [9.17, 15) is 0 Å². The second kappa shape index (κ2) is 15.2. The lowest BCUT2D eigenvalue weighted by Crippen LogP contribution is -2.08. The van der Waals surface area contributed by atoms with Gasteiger partial charge in [0.15, 0.2) is 0 Å². The van der Waals surface area contributed by atoms with Gasteiger partial charge in [-0.25, -0.2) is 0 Å². The first-order valence-electron chi connectivity index (χ1n) is 9.27. The highest BCUT2D eigenvalue weighted by Crippen LogP contribution is 2.28. The van der Waals surface area contributed by atoms with E-state index in [0.29, 0.717) is 0 Å². The van der Waals surface area contributed by atoms with Crippen LogP contribution in [-0.2, 0) is 0 Å². The molecule has 0 radical (unpaired) electrons. The van der Waals surface area contributed by atoms with E-state index in [0.717, 1.165) is 0 Å². The van der Waals surface area contributed by atoms with E-state index in [1.54, 1.807) is 6.08 Å². The molecule has 0 unspecified atom stereocenters. The van der Waals surface area contributed by atoms with Crippen LogP contribution in [0.5, 0.6) is 0 Å². The monoisotopic (exact) mass is 359 g/mol. The molecule has 0 aliphatic carbocycles. The maximum Gasteiger partial charge on any atom is 0.0414 e. The SMILES string of the molecule is C=C.C=CC.CC.CN(c1ccccc1)c1cccc(-c2ccccc2)c1. The van der Waals surface area contributed by atoms with Crippen LogP contribution in [0.3, 0.4) is 0 Å². The van der Waals surface area contributed by atoms with Crippen molar-refractivity contribution in [3.63, 3.8) is 0 Å². The zero-order valence-electron chi connectivity index (χ0n) is 17.2. The molecule has 0 saturated carbocycles. The molecule has 3 rings (SSSR count). The normalized spacial score (nSPS) is 8.44. The highest BCUT2D eigenvalue weighted by Gasteiger charge is 2.04. The van der Waals surface area contributed by atoms with Gasteiger partial charge in [-0.05, 0) is 42.3 Å². The number of allylic oxidation sites excluding steroid dienone is 1. The summed E-state index contributed by atoms with van der Waals surface area (Å²) >= 11 is 0. The van der Waals surface area contributed by atoms with E-state index in [4.69, 9.17) is 0 Å². The predicted octanol–water partition coefficient (Wildman–Crippen LogP) is 8.14. The lowest BCUT2D eigenvalue weighted by molar-refractivity contribution is 1.21. The number of hydrogen-bond donors (Lipinski definition) is 0. The quantitative estimate of drug-likeness (QED) is 0.426. The third-order valence-corrected chi connectivity index (χ3v) is 3.48. The molecule has 0 aliphatic heterocycles. The van der Waals surface area contributed by atoms with E-state index in [1.807, 2.05) is 32.9 Å². The van der Waals surface area contributed by atoms with E-state index < -0.39 is 0 Å². The number of anilines is 2. The van der Waals surface area contributed by atoms with Gasteiger partial charge in [0, 0.05) is 18.4 Å². The maximum absolute atomic E-state index is 3.36. The summed E-state index contributed by atoms with van der Waals surface area (Å²) in [4.78, 5) is 2.20. The lowest BCUT2D eigenvalue weighted by Gasteiger charge is -2.20. The standard InChI is InChI=1S/C19H17N.C3H6.C2H6.C2H4/c1-20(18-12-6-3-7-13-18)19-14-8-11-17(15-19)16-9-4-2-5-10-16;1-3-2;2*1-2/h2-15H,1H3;3H,1H2,2H3;1-2H3;1-2H2. The number of benzene rings is 3. The van der Waals surface area contributed by atoms with Gasteiger partial charge in [0.25, 0.3) is 0 Å². The average molecular weight is 360 g/mol. The highest BCUT2D eigenvalue weighted by molar-refractivity contribution is 5.71. The first-order chi connectivity index (χ1) is 13.3. The Morgan fingerprint density at radius 1 is 0.667 bits per heavy atom. The molecule has 0 fully saturated rings. The number of rotatable bonds is 3. The van der Waals surface area contributed by atoms with Crippen LogP contribution in [0, 0.1) is 0 Å². The molecule has 3 aromatic rings. The molecule has 142 valence electrons. The maximum atomic E-state index is 3.36. The van der Waals surface area contributed by atoms with Crippen LogP contribution in [0.1, 0.15) is 20.8 Å². The molecule has 3 aromatic carbocycles. The highest BCUT2D eigenvalue weighted by atomic mass is 15.1. The third-order valence-electron chi connectivity index (χ3n) is 3.48. The summed E-state index contributed by atoms with van der Waals surface area (Å²) in [5.41, 5.74) is 4.87. The third kappa shape index (κ3) is 8.24. The summed E-state index contributed by atoms with van der Waals surface area (Å²) in [5.74, 6) is 0. The van der Waals surface area contributed by atoms with Gasteiger partial charge in [0.05, 0.1) is 0 Å². The molecule has 0 N–H and O–H groups in total. The van der Waals surface area contributed by atoms with Crippen molar-refractivity contribution in [1.29, 1.82) is 0 Å². The predicted molar refractivity (Wildman–Crippen MR) is 125 cm³/mol. The van der Waals surface area contributed by atoms with Crippen molar-refractivity contribution in [2.24, 2.45) is 0 Å². The summed E-state index contributed by atoms with van der Waals surface area (Å²) in [5, 5.41) is 0. The van der Waals surface area contributed by atoms with E-state index in [1.165, 1.54) is 22.5 Å². The minimum atomic E-state index is 1.19. The molecular weight excluding hydrogens is 326 g/mol. The Kier molecular flexibility index (Phi) is 13.5. The van der Waals surface area contributed by atoms with Crippen LogP contribution >= 0.6 is 0 Å². The fraction of sp³-hybridized carbons (Fsp3) is 0.154. The zero-order chi connectivity index (χ0) is 20.5. The average Bonchev–Trinajstić information content (AvgIpc) is 2.78. The van der Waals surface area contributed by atoms with Crippen molar-refractivity contribution in [3.8, 4) is 11.1 Å². The summed E-state index contributed by atoms with van der Waals surface area (Å²) in [6, 6.07) is 29.5. The molecule has 0 aromatic heterocycles. The molecule has 0 aliphatic rings. The van der Waals surface area contributed by atoms with Gasteiger partial charge in [0.1, 0.15) is 0 Å². The van der Waals surface area contributed by atoms with Gasteiger partial charge >= 0.3 is 0 Å². The van der Waals surface area contributed by atoms with Crippen LogP contribution < -0.4 is 4.90 Å². The summed E-state index contributed by atoms with van der Waals surface area (Å²) in [6.45, 7) is 15.2. The fourth-order valence-corrected chi connectivity index (χ4v) is 2.33. The second-order valence-corrected chi connectivity index (χ2v) is 5.22. The van der Waals surface area contributed by atoms with Crippen molar-refractivity contribution in [3.05, 3.63) is 111 Å². The number of hydrogen-bond acceptors (Lipinski definition) is 1. The number of para-hydroxylation sites is 1. The van der Waals surface area contributed by atoms with Crippen molar-refractivity contribution in [2.75, 3.05) is 11.9 Å². The van der Waals surface area contributed by atoms with E-state index >= 15 is 0 Å². The van der Waals surface area contributed by atoms with Crippen molar-refractivity contribution >= 4 is 11.4 Å².